The molecule has 30 heavy (non-hydrogen) atoms. The van der Waals surface area contributed by atoms with Crippen LogP contribution in [0.3, 0.4) is 0 Å². The molecule has 2 aromatic carbocycles. The van der Waals surface area contributed by atoms with E-state index in [0.717, 1.165) is 42.6 Å². The minimum absolute atomic E-state index is 0.0885. The number of carbonyl (C=O) groups is 1. The van der Waals surface area contributed by atoms with Gasteiger partial charge in [0.1, 0.15) is 0 Å². The van der Waals surface area contributed by atoms with Crippen LogP contribution in [0.5, 0.6) is 0 Å². The second kappa shape index (κ2) is 8.91. The highest BCUT2D eigenvalue weighted by Gasteiger charge is 2.25. The van der Waals surface area contributed by atoms with E-state index in [1.54, 1.807) is 0 Å². The number of benzene rings is 2. The Morgan fingerprint density at radius 2 is 1.63 bits per heavy atom. The normalized spacial score (nSPS) is 11.6. The summed E-state index contributed by atoms with van der Waals surface area (Å²) in [5, 5.41) is 0. The first-order valence-electron chi connectivity index (χ1n) is 10.9. The molecule has 0 spiro atoms. The second-order valence-corrected chi connectivity index (χ2v) is 9.15. The molecule has 0 aliphatic heterocycles. The van der Waals surface area contributed by atoms with Gasteiger partial charge in [0.05, 0.1) is 5.56 Å². The Morgan fingerprint density at radius 3 is 2.17 bits per heavy atom. The zero-order chi connectivity index (χ0) is 21.9. The van der Waals surface area contributed by atoms with Crippen LogP contribution in [-0.2, 0) is 18.4 Å². The molecule has 0 aliphatic rings. The Kier molecular flexibility index (Phi) is 6.50. The van der Waals surface area contributed by atoms with Crippen LogP contribution in [0.4, 0.5) is 0 Å². The third-order valence-corrected chi connectivity index (χ3v) is 5.87. The number of unbranched alkanes of at least 4 members (excludes halogenated alkanes) is 1. The zero-order valence-electron chi connectivity index (χ0n) is 19.0. The topological polar surface area (TPSA) is 48.0 Å². The molecule has 1 amide bonds. The molecule has 158 valence electrons. The van der Waals surface area contributed by atoms with Crippen molar-refractivity contribution < 1.29 is 4.79 Å². The molecule has 0 radical (unpaired) electrons. The van der Waals surface area contributed by atoms with Gasteiger partial charge in [0.15, 0.2) is 0 Å². The lowest BCUT2D eigenvalue weighted by atomic mass is 9.86. The second-order valence-electron chi connectivity index (χ2n) is 9.15. The Bertz CT molecular complexity index is 1010. The molecule has 0 fully saturated rings. The number of nitrogens with zero attached hydrogens (tertiary/aromatic N) is 1. The molecule has 0 saturated carbocycles. The van der Waals surface area contributed by atoms with Gasteiger partial charge in [-0.15, -0.1) is 0 Å². The smallest absolute Gasteiger partial charge is 0.251 e. The van der Waals surface area contributed by atoms with Crippen molar-refractivity contribution in [1.29, 1.82) is 0 Å². The minimum atomic E-state index is -0.355. The Morgan fingerprint density at radius 1 is 1.00 bits per heavy atom. The Balaban J connectivity index is 2.19. The third kappa shape index (κ3) is 4.51. The monoisotopic (exact) mass is 402 g/mol. The molecule has 0 unspecified atom stereocenters. The van der Waals surface area contributed by atoms with Crippen LogP contribution in [0, 0.1) is 6.92 Å². The average molecular weight is 403 g/mol. The summed E-state index contributed by atoms with van der Waals surface area (Å²) in [6.07, 6.45) is 3.10. The third-order valence-electron chi connectivity index (χ3n) is 5.87. The fraction of sp³-hybridized carbons (Fsp3) is 0.370. The van der Waals surface area contributed by atoms with Crippen molar-refractivity contribution in [3.63, 3.8) is 0 Å². The van der Waals surface area contributed by atoms with E-state index in [2.05, 4.69) is 80.8 Å². The molecule has 0 saturated heterocycles. The van der Waals surface area contributed by atoms with Crippen LogP contribution in [-0.4, -0.2) is 10.5 Å². The molecule has 3 aromatic rings. The van der Waals surface area contributed by atoms with Crippen molar-refractivity contribution in [2.75, 3.05) is 0 Å². The van der Waals surface area contributed by atoms with Crippen LogP contribution in [0.15, 0.2) is 54.6 Å². The lowest BCUT2D eigenvalue weighted by molar-refractivity contribution is 0.1000. The minimum Gasteiger partial charge on any atom is -0.366 e. The van der Waals surface area contributed by atoms with Crippen molar-refractivity contribution in [1.82, 2.24) is 4.57 Å². The van der Waals surface area contributed by atoms with Gasteiger partial charge in [-0.2, -0.15) is 0 Å². The molecule has 3 heteroatoms. The molecule has 0 atom stereocenters. The number of nitrogens with two attached hydrogens (primary N) is 1. The quantitative estimate of drug-likeness (QED) is 0.499. The highest BCUT2D eigenvalue weighted by atomic mass is 16.1. The van der Waals surface area contributed by atoms with E-state index in [-0.39, 0.29) is 11.3 Å². The van der Waals surface area contributed by atoms with Gasteiger partial charge in [-0.1, -0.05) is 88.7 Å². The maximum Gasteiger partial charge on any atom is 0.251 e. The van der Waals surface area contributed by atoms with Crippen LogP contribution in [0.25, 0.3) is 11.1 Å². The zero-order valence-corrected chi connectivity index (χ0v) is 19.0. The maximum atomic E-state index is 12.5. The number of rotatable bonds is 7. The van der Waals surface area contributed by atoms with Crippen LogP contribution < -0.4 is 5.73 Å². The van der Waals surface area contributed by atoms with E-state index in [1.165, 1.54) is 16.8 Å². The lowest BCUT2D eigenvalue weighted by Gasteiger charge is -2.19. The summed E-state index contributed by atoms with van der Waals surface area (Å²) in [5.41, 5.74) is 13.4. The fourth-order valence-corrected chi connectivity index (χ4v) is 4.13. The molecule has 2 N–H and O–H groups in total. The first-order chi connectivity index (χ1) is 14.2. The Hall–Kier alpha value is -2.81. The molecule has 0 aliphatic carbocycles. The summed E-state index contributed by atoms with van der Waals surface area (Å²) in [7, 11) is 0. The number of aromatic nitrogens is 1. The van der Waals surface area contributed by atoms with Gasteiger partial charge in [-0.05, 0) is 41.9 Å². The summed E-state index contributed by atoms with van der Waals surface area (Å²) in [4.78, 5) is 12.5. The summed E-state index contributed by atoms with van der Waals surface area (Å²) >= 11 is 0. The predicted molar refractivity (Wildman–Crippen MR) is 126 cm³/mol. The van der Waals surface area contributed by atoms with E-state index in [9.17, 15) is 4.79 Å². The van der Waals surface area contributed by atoms with E-state index < -0.39 is 0 Å². The van der Waals surface area contributed by atoms with E-state index in [0.29, 0.717) is 5.56 Å². The number of hydrogen-bond acceptors (Lipinski definition) is 1. The van der Waals surface area contributed by atoms with Gasteiger partial charge < -0.3 is 10.3 Å². The molecule has 1 heterocycles. The number of amides is 1. The number of carbonyl (C=O) groups excluding carboxylic acids is 1. The average Bonchev–Trinajstić information content (AvgIpc) is 2.98. The molecule has 1 aromatic heterocycles. The Labute approximate surface area is 180 Å². The molecular formula is C27H34N2O. The lowest BCUT2D eigenvalue weighted by Crippen LogP contribution is -2.14. The van der Waals surface area contributed by atoms with Crippen molar-refractivity contribution >= 4 is 5.91 Å². The first-order valence-corrected chi connectivity index (χ1v) is 10.9. The highest BCUT2D eigenvalue weighted by Crippen LogP contribution is 2.35. The van der Waals surface area contributed by atoms with Crippen LogP contribution in [0.2, 0.25) is 0 Å². The van der Waals surface area contributed by atoms with Gasteiger partial charge >= 0.3 is 0 Å². The van der Waals surface area contributed by atoms with Gasteiger partial charge in [0.2, 0.25) is 0 Å². The molecule has 0 bridgehead atoms. The van der Waals surface area contributed by atoms with Gasteiger partial charge in [0, 0.05) is 23.5 Å². The van der Waals surface area contributed by atoms with Gasteiger partial charge in [-0.25, -0.2) is 0 Å². The van der Waals surface area contributed by atoms with E-state index >= 15 is 0 Å². The molecule has 3 nitrogen and oxygen atoms in total. The van der Waals surface area contributed by atoms with E-state index in [1.807, 2.05) is 13.0 Å². The largest absolute Gasteiger partial charge is 0.366 e. The van der Waals surface area contributed by atoms with Gasteiger partial charge in [-0.3, -0.25) is 4.79 Å². The van der Waals surface area contributed by atoms with Crippen molar-refractivity contribution in [3.05, 3.63) is 82.7 Å². The summed E-state index contributed by atoms with van der Waals surface area (Å²) < 4.78 is 2.29. The maximum absolute atomic E-state index is 12.5. The first kappa shape index (κ1) is 21.9. The summed E-state index contributed by atoms with van der Waals surface area (Å²) in [5.74, 6) is -0.355. The number of hydrogen-bond donors (Lipinski definition) is 1. The van der Waals surface area contributed by atoms with Crippen molar-refractivity contribution in [2.45, 2.75) is 65.8 Å². The molecular weight excluding hydrogens is 368 g/mol. The van der Waals surface area contributed by atoms with Gasteiger partial charge in [0.25, 0.3) is 5.91 Å². The van der Waals surface area contributed by atoms with Crippen LogP contribution in [0.1, 0.15) is 73.4 Å². The van der Waals surface area contributed by atoms with Crippen molar-refractivity contribution in [3.8, 4) is 11.1 Å². The standard InChI is InChI=1S/C27H34N2O/c1-6-7-13-23-25(21-14-16-22(17-15-21)27(3,4)5)24(26(28)30)19(2)29(23)18-20-11-9-8-10-12-20/h8-12,14-17H,6-7,13,18H2,1-5H3,(H2,28,30). The van der Waals surface area contributed by atoms with Crippen LogP contribution >= 0.6 is 0 Å². The highest BCUT2D eigenvalue weighted by molar-refractivity contribution is 6.02. The fourth-order valence-electron chi connectivity index (χ4n) is 4.13. The predicted octanol–water partition coefficient (Wildman–Crippen LogP) is 6.25. The SMILES string of the molecule is CCCCc1c(-c2ccc(C(C)(C)C)cc2)c(C(N)=O)c(C)n1Cc1ccccc1. The molecule has 3 rings (SSSR count). The number of primary amides is 1. The van der Waals surface area contributed by atoms with Crippen molar-refractivity contribution in [2.24, 2.45) is 5.73 Å². The van der Waals surface area contributed by atoms with E-state index in [4.69, 9.17) is 5.73 Å². The summed E-state index contributed by atoms with van der Waals surface area (Å²) in [6, 6.07) is 19.0. The summed E-state index contributed by atoms with van der Waals surface area (Å²) in [6.45, 7) is 11.6.